The summed E-state index contributed by atoms with van der Waals surface area (Å²) >= 11 is 3.40. The summed E-state index contributed by atoms with van der Waals surface area (Å²) in [5.41, 5.74) is -2.45. The van der Waals surface area contributed by atoms with Gasteiger partial charge in [-0.1, -0.05) is 36.4 Å². The Labute approximate surface area is 185 Å². The van der Waals surface area contributed by atoms with Crippen LogP contribution in [0.5, 0.6) is 0 Å². The summed E-state index contributed by atoms with van der Waals surface area (Å²) in [5.74, 6) is 0. The number of nitrogens with one attached hydrogen (secondary N) is 1. The molecule has 2 aromatic rings. The molecule has 0 aromatic heterocycles. The maximum Gasteiger partial charge on any atom is 0.345 e. The third-order valence-electron chi connectivity index (χ3n) is 4.35. The first-order valence-electron chi connectivity index (χ1n) is 9.79. The van der Waals surface area contributed by atoms with Gasteiger partial charge in [-0.05, 0) is 59.9 Å². The normalized spacial score (nSPS) is 27.1. The van der Waals surface area contributed by atoms with E-state index in [1.165, 1.54) is 0 Å². The third-order valence-corrected chi connectivity index (χ3v) is 20.2. The van der Waals surface area contributed by atoms with Gasteiger partial charge >= 0.3 is 7.66 Å². The molecule has 0 aliphatic carbocycles. The van der Waals surface area contributed by atoms with E-state index >= 15 is 0 Å². The van der Waals surface area contributed by atoms with Crippen molar-refractivity contribution < 1.29 is 13.6 Å². The maximum atomic E-state index is 6.24. The molecule has 2 spiro atoms. The number of nitrogens with zero attached hydrogens (tertiary/aromatic N) is 3. The average molecular weight is 500 g/mol. The lowest BCUT2D eigenvalue weighted by atomic mass is 10.4. The van der Waals surface area contributed by atoms with Crippen molar-refractivity contribution in [2.75, 3.05) is 26.4 Å². The number of rotatable bonds is 4. The van der Waals surface area contributed by atoms with Gasteiger partial charge in [0.1, 0.15) is 0 Å². The van der Waals surface area contributed by atoms with Gasteiger partial charge in [-0.2, -0.15) is 13.5 Å². The molecular formula is C18H23N4O3P3S2. The number of hydrogen-bond donors (Lipinski definition) is 1. The molecule has 2 aromatic carbocycles. The monoisotopic (exact) mass is 500 g/mol. The maximum absolute atomic E-state index is 6.24. The lowest BCUT2D eigenvalue weighted by Gasteiger charge is -2.37. The summed E-state index contributed by atoms with van der Waals surface area (Å²) < 4.78 is 34.0. The Balaban J connectivity index is 1.69. The molecule has 160 valence electrons. The fourth-order valence-corrected chi connectivity index (χ4v) is 22.4. The molecule has 3 aliphatic rings. The highest BCUT2D eigenvalue weighted by atomic mass is 33.1. The standard InChI is InChI=1S/C18H23N4O3P3S2/c1-3-9-17(10-4-1)29-28(30-18-11-5-2-6-12-18)21-26(19-13-7-14-23-26)20-27(22-28)24-15-8-16-25-27/h1-6,9-12,19H,7-8,13-16H2. The third kappa shape index (κ3) is 4.85. The van der Waals surface area contributed by atoms with Crippen molar-refractivity contribution in [3.05, 3.63) is 60.7 Å². The molecule has 30 heavy (non-hydrogen) atoms. The highest BCUT2D eigenvalue weighted by Gasteiger charge is 2.43. The van der Waals surface area contributed by atoms with Crippen LogP contribution in [0.2, 0.25) is 0 Å². The fourth-order valence-electron chi connectivity index (χ4n) is 3.05. The van der Waals surface area contributed by atoms with Crippen LogP contribution in [-0.2, 0) is 13.6 Å². The average Bonchev–Trinajstić information content (AvgIpc) is 2.75. The van der Waals surface area contributed by atoms with Crippen LogP contribution >= 0.6 is 43.6 Å². The molecule has 7 nitrogen and oxygen atoms in total. The van der Waals surface area contributed by atoms with Crippen LogP contribution in [0.25, 0.3) is 0 Å². The van der Waals surface area contributed by atoms with Gasteiger partial charge in [0, 0.05) is 16.3 Å². The van der Waals surface area contributed by atoms with Crippen molar-refractivity contribution in [2.45, 2.75) is 22.6 Å². The van der Waals surface area contributed by atoms with Crippen molar-refractivity contribution in [3.63, 3.8) is 0 Å². The molecule has 1 N–H and O–H groups in total. The predicted octanol–water partition coefficient (Wildman–Crippen LogP) is 7.87. The Hall–Kier alpha value is -0.330. The van der Waals surface area contributed by atoms with Gasteiger partial charge < -0.3 is 13.6 Å². The van der Waals surface area contributed by atoms with E-state index in [1.54, 1.807) is 22.8 Å². The Morgan fingerprint density at radius 3 is 1.87 bits per heavy atom. The van der Waals surface area contributed by atoms with E-state index < -0.39 is 20.9 Å². The Morgan fingerprint density at radius 1 is 0.700 bits per heavy atom. The molecule has 12 heteroatoms. The van der Waals surface area contributed by atoms with E-state index in [0.29, 0.717) is 19.8 Å². The van der Waals surface area contributed by atoms with Crippen LogP contribution < -0.4 is 5.09 Å². The van der Waals surface area contributed by atoms with Gasteiger partial charge in [-0.25, -0.2) is 5.09 Å². The van der Waals surface area contributed by atoms with Gasteiger partial charge in [-0.15, -0.1) is 0 Å². The summed E-state index contributed by atoms with van der Waals surface area (Å²) in [6.07, 6.45) is 1.80. The van der Waals surface area contributed by atoms with Crippen molar-refractivity contribution >= 4 is 43.6 Å². The first kappa shape index (κ1) is 21.5. The van der Waals surface area contributed by atoms with Gasteiger partial charge in [0.15, 0.2) is 0 Å². The van der Waals surface area contributed by atoms with Crippen LogP contribution in [0, 0.1) is 0 Å². The molecule has 3 aliphatic heterocycles. The van der Waals surface area contributed by atoms with E-state index in [4.69, 9.17) is 27.1 Å². The fraction of sp³-hybridized carbons (Fsp3) is 0.333. The van der Waals surface area contributed by atoms with E-state index in [1.807, 2.05) is 36.4 Å². The van der Waals surface area contributed by atoms with Crippen LogP contribution in [0.1, 0.15) is 12.8 Å². The molecule has 5 rings (SSSR count). The summed E-state index contributed by atoms with van der Waals surface area (Å²) in [4.78, 5) is 2.24. The zero-order chi connectivity index (χ0) is 20.3. The molecule has 1 unspecified atom stereocenters. The quantitative estimate of drug-likeness (QED) is 0.431. The van der Waals surface area contributed by atoms with E-state index in [0.717, 1.165) is 29.2 Å². The SMILES string of the molecule is c1ccc(SP2(Sc3ccccc3)=NP3(=NP4(=N2)OCCCO4)NCCCO3)cc1. The van der Waals surface area contributed by atoms with Crippen LogP contribution in [0.4, 0.5) is 0 Å². The molecule has 3 heterocycles. The summed E-state index contributed by atoms with van der Waals surface area (Å²) in [7, 11) is -5.39. The van der Waals surface area contributed by atoms with Gasteiger partial charge in [0.2, 0.25) is 5.61 Å². The summed E-state index contributed by atoms with van der Waals surface area (Å²) in [6.45, 7) is 2.67. The number of hydrogen-bond acceptors (Lipinski definition) is 9. The molecule has 1 atom stereocenters. The second kappa shape index (κ2) is 9.27. The second-order valence-corrected chi connectivity index (χ2v) is 19.2. The first-order chi connectivity index (χ1) is 14.7. The predicted molar refractivity (Wildman–Crippen MR) is 128 cm³/mol. The summed E-state index contributed by atoms with van der Waals surface area (Å²) in [5, 5.41) is 3.50. The van der Waals surface area contributed by atoms with Crippen LogP contribution in [0.15, 0.2) is 84.0 Å². The molecule has 0 saturated carbocycles. The van der Waals surface area contributed by atoms with E-state index in [-0.39, 0.29) is 0 Å². The van der Waals surface area contributed by atoms with Gasteiger partial charge in [0.05, 0.1) is 19.8 Å². The molecule has 2 saturated heterocycles. The smallest absolute Gasteiger partial charge is 0.316 e. The molecule has 0 bridgehead atoms. The van der Waals surface area contributed by atoms with Crippen LogP contribution in [0.3, 0.4) is 0 Å². The second-order valence-electron chi connectivity index (χ2n) is 6.72. The molecule has 2 fully saturated rings. The minimum absolute atomic E-state index is 0.604. The van der Waals surface area contributed by atoms with Crippen molar-refractivity contribution in [1.29, 1.82) is 0 Å². The zero-order valence-electron chi connectivity index (χ0n) is 16.2. The molecular weight excluding hydrogens is 477 g/mol. The van der Waals surface area contributed by atoms with Crippen molar-refractivity contribution in [1.82, 2.24) is 5.09 Å². The minimum Gasteiger partial charge on any atom is -0.316 e. The van der Waals surface area contributed by atoms with Crippen molar-refractivity contribution in [3.8, 4) is 0 Å². The van der Waals surface area contributed by atoms with Crippen LogP contribution in [-0.4, -0.2) is 26.4 Å². The van der Waals surface area contributed by atoms with Gasteiger partial charge in [-0.3, -0.25) is 0 Å². The highest BCUT2D eigenvalue weighted by Crippen LogP contribution is 2.89. The summed E-state index contributed by atoms with van der Waals surface area (Å²) in [6, 6.07) is 20.6. The first-order valence-corrected chi connectivity index (χ1v) is 17.5. The lowest BCUT2D eigenvalue weighted by Crippen LogP contribution is -2.21. The Bertz CT molecular complexity index is 986. The minimum atomic E-state index is -2.79. The molecule has 0 amide bonds. The van der Waals surface area contributed by atoms with Gasteiger partial charge in [0.25, 0.3) is 7.58 Å². The topological polar surface area (TPSA) is 76.8 Å². The lowest BCUT2D eigenvalue weighted by molar-refractivity contribution is 0.174. The van der Waals surface area contributed by atoms with E-state index in [2.05, 4.69) is 29.4 Å². The van der Waals surface area contributed by atoms with Crippen molar-refractivity contribution in [2.24, 2.45) is 13.5 Å². The largest absolute Gasteiger partial charge is 0.345 e. The Kier molecular flexibility index (Phi) is 6.64. The highest BCUT2D eigenvalue weighted by molar-refractivity contribution is 8.91. The van der Waals surface area contributed by atoms with E-state index in [9.17, 15) is 0 Å². The zero-order valence-corrected chi connectivity index (χ0v) is 20.6. The number of benzene rings is 2. The Morgan fingerprint density at radius 2 is 1.30 bits per heavy atom. The molecule has 0 radical (unpaired) electrons.